The molecule has 0 aromatic heterocycles. The standard InChI is InChI=1S/C11H15ClFNS/c12-10-8-9(2-3-11(10)13)4-6-14-5-1-7-15/h2-3,8,14-15H,1,4-7H2. The van der Waals surface area contributed by atoms with Gasteiger partial charge in [-0.05, 0) is 49.4 Å². The summed E-state index contributed by atoms with van der Waals surface area (Å²) in [7, 11) is 0. The Hall–Kier alpha value is -0.250. The average Bonchev–Trinajstić information content (AvgIpc) is 2.23. The number of thiol groups is 1. The summed E-state index contributed by atoms with van der Waals surface area (Å²) in [6, 6.07) is 4.85. The van der Waals surface area contributed by atoms with Gasteiger partial charge in [0, 0.05) is 0 Å². The summed E-state index contributed by atoms with van der Waals surface area (Å²) in [6.45, 7) is 1.86. The maximum Gasteiger partial charge on any atom is 0.141 e. The van der Waals surface area contributed by atoms with Crippen LogP contribution in [0.25, 0.3) is 0 Å². The smallest absolute Gasteiger partial charge is 0.141 e. The number of rotatable bonds is 6. The molecule has 0 heterocycles. The van der Waals surface area contributed by atoms with Crippen molar-refractivity contribution in [2.75, 3.05) is 18.8 Å². The molecular formula is C11H15ClFNS. The lowest BCUT2D eigenvalue weighted by Crippen LogP contribution is -2.18. The van der Waals surface area contributed by atoms with Crippen LogP contribution in [0.3, 0.4) is 0 Å². The van der Waals surface area contributed by atoms with E-state index < -0.39 is 0 Å². The molecule has 0 aliphatic carbocycles. The third-order valence-electron chi connectivity index (χ3n) is 2.09. The predicted octanol–water partition coefficient (Wildman–Crippen LogP) is 2.93. The van der Waals surface area contributed by atoms with Gasteiger partial charge in [0.2, 0.25) is 0 Å². The minimum atomic E-state index is -0.358. The van der Waals surface area contributed by atoms with Crippen molar-refractivity contribution in [3.8, 4) is 0 Å². The van der Waals surface area contributed by atoms with E-state index in [0.717, 1.165) is 37.2 Å². The highest BCUT2D eigenvalue weighted by molar-refractivity contribution is 7.80. The number of nitrogens with one attached hydrogen (secondary N) is 1. The lowest BCUT2D eigenvalue weighted by Gasteiger charge is -2.04. The molecule has 1 N–H and O–H groups in total. The zero-order valence-corrected chi connectivity index (χ0v) is 10.1. The molecule has 84 valence electrons. The van der Waals surface area contributed by atoms with E-state index >= 15 is 0 Å². The Morgan fingerprint density at radius 2 is 2.13 bits per heavy atom. The molecule has 0 aliphatic rings. The van der Waals surface area contributed by atoms with Gasteiger partial charge in [-0.1, -0.05) is 17.7 Å². The highest BCUT2D eigenvalue weighted by Gasteiger charge is 2.00. The van der Waals surface area contributed by atoms with E-state index in [1.165, 1.54) is 6.07 Å². The Kier molecular flexibility index (Phi) is 6.06. The molecule has 1 aromatic carbocycles. The minimum absolute atomic E-state index is 0.197. The summed E-state index contributed by atoms with van der Waals surface area (Å²) in [5.41, 5.74) is 1.06. The molecule has 0 aliphatic heterocycles. The molecule has 0 unspecified atom stereocenters. The number of halogens is 2. The van der Waals surface area contributed by atoms with Crippen LogP contribution in [-0.4, -0.2) is 18.8 Å². The van der Waals surface area contributed by atoms with E-state index in [-0.39, 0.29) is 10.8 Å². The van der Waals surface area contributed by atoms with Crippen LogP contribution in [0, 0.1) is 5.82 Å². The molecule has 0 saturated carbocycles. The van der Waals surface area contributed by atoms with Gasteiger partial charge in [0.1, 0.15) is 5.82 Å². The van der Waals surface area contributed by atoms with Gasteiger partial charge in [-0.3, -0.25) is 0 Å². The summed E-state index contributed by atoms with van der Waals surface area (Å²) >= 11 is 9.79. The molecule has 0 atom stereocenters. The van der Waals surface area contributed by atoms with Gasteiger partial charge in [0.15, 0.2) is 0 Å². The molecule has 0 spiro atoms. The Balaban J connectivity index is 2.28. The van der Waals surface area contributed by atoms with E-state index in [9.17, 15) is 4.39 Å². The summed E-state index contributed by atoms with van der Waals surface area (Å²) in [5, 5.41) is 3.48. The van der Waals surface area contributed by atoms with E-state index in [4.69, 9.17) is 11.6 Å². The molecule has 0 radical (unpaired) electrons. The Bertz CT molecular complexity index is 307. The average molecular weight is 248 g/mol. The third-order valence-corrected chi connectivity index (χ3v) is 2.69. The van der Waals surface area contributed by atoms with Gasteiger partial charge in [-0.15, -0.1) is 0 Å². The molecule has 0 saturated heterocycles. The van der Waals surface area contributed by atoms with Gasteiger partial charge in [-0.25, -0.2) is 4.39 Å². The molecular weight excluding hydrogens is 233 g/mol. The second-order valence-corrected chi connectivity index (χ2v) is 4.18. The number of benzene rings is 1. The Labute approximate surface area is 100 Å². The zero-order valence-electron chi connectivity index (χ0n) is 8.47. The lowest BCUT2D eigenvalue weighted by atomic mass is 10.1. The van der Waals surface area contributed by atoms with Crippen molar-refractivity contribution in [3.63, 3.8) is 0 Å². The van der Waals surface area contributed by atoms with Crippen LogP contribution in [0.4, 0.5) is 4.39 Å². The van der Waals surface area contributed by atoms with E-state index in [0.29, 0.717) is 0 Å². The number of hydrogen-bond acceptors (Lipinski definition) is 2. The van der Waals surface area contributed by atoms with Gasteiger partial charge < -0.3 is 5.32 Å². The molecule has 1 nitrogen and oxygen atoms in total. The van der Waals surface area contributed by atoms with E-state index in [2.05, 4.69) is 17.9 Å². The van der Waals surface area contributed by atoms with Crippen LogP contribution in [0.5, 0.6) is 0 Å². The van der Waals surface area contributed by atoms with Crippen LogP contribution < -0.4 is 5.32 Å². The predicted molar refractivity (Wildman–Crippen MR) is 66.5 cm³/mol. The summed E-state index contributed by atoms with van der Waals surface area (Å²) in [4.78, 5) is 0. The zero-order chi connectivity index (χ0) is 11.1. The molecule has 1 aromatic rings. The van der Waals surface area contributed by atoms with Crippen molar-refractivity contribution in [2.45, 2.75) is 12.8 Å². The second-order valence-electron chi connectivity index (χ2n) is 3.33. The minimum Gasteiger partial charge on any atom is -0.316 e. The highest BCUT2D eigenvalue weighted by Crippen LogP contribution is 2.15. The highest BCUT2D eigenvalue weighted by atomic mass is 35.5. The first-order chi connectivity index (χ1) is 7.24. The van der Waals surface area contributed by atoms with Crippen LogP contribution in [0.2, 0.25) is 5.02 Å². The van der Waals surface area contributed by atoms with Crippen LogP contribution in [0.15, 0.2) is 18.2 Å². The van der Waals surface area contributed by atoms with Crippen LogP contribution >= 0.6 is 24.2 Å². The summed E-state index contributed by atoms with van der Waals surface area (Å²) in [6.07, 6.45) is 1.93. The fraction of sp³-hybridized carbons (Fsp3) is 0.455. The van der Waals surface area contributed by atoms with Gasteiger partial charge in [0.05, 0.1) is 5.02 Å². The molecule has 4 heteroatoms. The van der Waals surface area contributed by atoms with E-state index in [1.54, 1.807) is 12.1 Å². The maximum atomic E-state index is 12.8. The first-order valence-corrected chi connectivity index (χ1v) is 6.00. The van der Waals surface area contributed by atoms with E-state index in [1.807, 2.05) is 0 Å². The molecule has 15 heavy (non-hydrogen) atoms. The van der Waals surface area contributed by atoms with Crippen molar-refractivity contribution in [3.05, 3.63) is 34.6 Å². The molecule has 1 rings (SSSR count). The van der Waals surface area contributed by atoms with Crippen molar-refractivity contribution < 1.29 is 4.39 Å². The Morgan fingerprint density at radius 1 is 1.33 bits per heavy atom. The first-order valence-electron chi connectivity index (χ1n) is 4.99. The molecule has 0 fully saturated rings. The SMILES string of the molecule is Fc1ccc(CCNCCCS)cc1Cl. The summed E-state index contributed by atoms with van der Waals surface area (Å²) in [5.74, 6) is 0.540. The third kappa shape index (κ3) is 4.87. The van der Waals surface area contributed by atoms with Crippen molar-refractivity contribution >= 4 is 24.2 Å². The quantitative estimate of drug-likeness (QED) is 0.582. The van der Waals surface area contributed by atoms with Gasteiger partial charge in [-0.2, -0.15) is 12.6 Å². The second kappa shape index (κ2) is 7.09. The van der Waals surface area contributed by atoms with Crippen LogP contribution in [-0.2, 0) is 6.42 Å². The largest absolute Gasteiger partial charge is 0.316 e. The number of hydrogen-bond donors (Lipinski definition) is 2. The maximum absolute atomic E-state index is 12.8. The van der Waals surface area contributed by atoms with Crippen molar-refractivity contribution in [1.29, 1.82) is 0 Å². The fourth-order valence-corrected chi connectivity index (χ4v) is 1.62. The normalized spacial score (nSPS) is 10.6. The lowest BCUT2D eigenvalue weighted by molar-refractivity contribution is 0.626. The summed E-state index contributed by atoms with van der Waals surface area (Å²) < 4.78 is 12.8. The fourth-order valence-electron chi connectivity index (χ4n) is 1.26. The van der Waals surface area contributed by atoms with Crippen molar-refractivity contribution in [2.24, 2.45) is 0 Å². The topological polar surface area (TPSA) is 12.0 Å². The Morgan fingerprint density at radius 3 is 2.80 bits per heavy atom. The molecule has 0 amide bonds. The monoisotopic (exact) mass is 247 g/mol. The first kappa shape index (κ1) is 12.8. The van der Waals surface area contributed by atoms with Crippen LogP contribution in [0.1, 0.15) is 12.0 Å². The van der Waals surface area contributed by atoms with Gasteiger partial charge >= 0.3 is 0 Å². The molecule has 0 bridgehead atoms. The van der Waals surface area contributed by atoms with Gasteiger partial charge in [0.25, 0.3) is 0 Å². The van der Waals surface area contributed by atoms with Crippen molar-refractivity contribution in [1.82, 2.24) is 5.32 Å².